The SMILES string of the molecule is COC(=O)CC1C(O)C(C)(C(=O)OC)[C@]2(C)COC(OC)C12. The number of aliphatic hydroxyl groups excluding tert-OH is 1. The molecule has 2 fully saturated rings. The minimum absolute atomic E-state index is 0.00622. The molecule has 0 amide bonds. The van der Waals surface area contributed by atoms with E-state index in [1.54, 1.807) is 6.92 Å². The lowest BCUT2D eigenvalue weighted by atomic mass is 9.65. The monoisotopic (exact) mass is 316 g/mol. The van der Waals surface area contributed by atoms with Gasteiger partial charge in [0.2, 0.25) is 0 Å². The van der Waals surface area contributed by atoms with Crippen molar-refractivity contribution in [1.82, 2.24) is 0 Å². The van der Waals surface area contributed by atoms with Crippen LogP contribution in [-0.2, 0) is 28.5 Å². The lowest BCUT2D eigenvalue weighted by Gasteiger charge is -2.38. The minimum atomic E-state index is -1.18. The van der Waals surface area contributed by atoms with Crippen LogP contribution in [0.15, 0.2) is 0 Å². The second-order valence-corrected chi connectivity index (χ2v) is 6.44. The fourth-order valence-corrected chi connectivity index (χ4v) is 4.18. The van der Waals surface area contributed by atoms with E-state index in [9.17, 15) is 14.7 Å². The van der Waals surface area contributed by atoms with Gasteiger partial charge in [-0.1, -0.05) is 6.92 Å². The van der Waals surface area contributed by atoms with Crippen molar-refractivity contribution in [3.05, 3.63) is 0 Å². The molecule has 0 spiro atoms. The van der Waals surface area contributed by atoms with Crippen LogP contribution in [0.1, 0.15) is 20.3 Å². The number of methoxy groups -OCH3 is 3. The smallest absolute Gasteiger partial charge is 0.314 e. The lowest BCUT2D eigenvalue weighted by molar-refractivity contribution is -0.170. The number of aliphatic hydroxyl groups is 1. The van der Waals surface area contributed by atoms with E-state index in [1.807, 2.05) is 6.92 Å². The Bertz CT molecular complexity index is 465. The first-order valence-electron chi connectivity index (χ1n) is 7.25. The predicted molar refractivity (Wildman–Crippen MR) is 74.6 cm³/mol. The molecule has 2 rings (SSSR count). The maximum Gasteiger partial charge on any atom is 0.314 e. The molecule has 6 atom stereocenters. The zero-order chi connectivity index (χ0) is 16.7. The van der Waals surface area contributed by atoms with Gasteiger partial charge in [-0.05, 0) is 6.92 Å². The normalized spacial score (nSPS) is 43.7. The van der Waals surface area contributed by atoms with E-state index in [-0.39, 0.29) is 18.9 Å². The molecule has 126 valence electrons. The van der Waals surface area contributed by atoms with Gasteiger partial charge in [0, 0.05) is 24.4 Å². The van der Waals surface area contributed by atoms with E-state index in [2.05, 4.69) is 0 Å². The number of fused-ring (bicyclic) bond motifs is 1. The Morgan fingerprint density at radius 3 is 2.36 bits per heavy atom. The number of hydrogen-bond donors (Lipinski definition) is 1. The Morgan fingerprint density at radius 1 is 1.23 bits per heavy atom. The molecule has 1 N–H and O–H groups in total. The quantitative estimate of drug-likeness (QED) is 0.748. The van der Waals surface area contributed by atoms with Gasteiger partial charge in [-0.3, -0.25) is 9.59 Å². The summed E-state index contributed by atoms with van der Waals surface area (Å²) < 4.78 is 20.7. The van der Waals surface area contributed by atoms with Gasteiger partial charge in [0.15, 0.2) is 6.29 Å². The third kappa shape index (κ3) is 2.06. The van der Waals surface area contributed by atoms with Crippen LogP contribution in [0.3, 0.4) is 0 Å². The van der Waals surface area contributed by atoms with Crippen molar-refractivity contribution in [2.45, 2.75) is 32.7 Å². The maximum atomic E-state index is 12.4. The second kappa shape index (κ2) is 5.79. The fraction of sp³-hybridized carbons (Fsp3) is 0.867. The number of esters is 2. The van der Waals surface area contributed by atoms with Crippen molar-refractivity contribution in [1.29, 1.82) is 0 Å². The molecule has 1 aliphatic carbocycles. The molecule has 5 unspecified atom stereocenters. The number of rotatable bonds is 4. The highest BCUT2D eigenvalue weighted by Crippen LogP contribution is 2.64. The summed E-state index contributed by atoms with van der Waals surface area (Å²) in [5.41, 5.74) is -1.88. The van der Waals surface area contributed by atoms with Crippen molar-refractivity contribution in [3.63, 3.8) is 0 Å². The van der Waals surface area contributed by atoms with Gasteiger partial charge in [0.1, 0.15) is 0 Å². The first-order valence-corrected chi connectivity index (χ1v) is 7.25. The summed E-state index contributed by atoms with van der Waals surface area (Å²) in [7, 11) is 4.09. The Hall–Kier alpha value is -1.18. The van der Waals surface area contributed by atoms with E-state index in [0.717, 1.165) is 0 Å². The van der Waals surface area contributed by atoms with E-state index in [4.69, 9.17) is 18.9 Å². The van der Waals surface area contributed by atoms with Crippen molar-refractivity contribution < 1.29 is 33.6 Å². The summed E-state index contributed by atoms with van der Waals surface area (Å²) in [6.07, 6.45) is -1.63. The van der Waals surface area contributed by atoms with E-state index in [1.165, 1.54) is 21.3 Å². The topological polar surface area (TPSA) is 91.3 Å². The number of carbonyl (C=O) groups is 2. The molecule has 0 bridgehead atoms. The maximum absolute atomic E-state index is 12.4. The van der Waals surface area contributed by atoms with Crippen LogP contribution in [-0.4, -0.2) is 57.4 Å². The molecule has 7 heteroatoms. The molecule has 1 aliphatic heterocycles. The molecule has 0 aromatic carbocycles. The molecular formula is C15H24O7. The standard InChI is InChI=1S/C15H24O7/c1-14-7-22-12(20-4)10(14)8(6-9(16)19-3)11(17)15(14,2)13(18)21-5/h8,10-12,17H,6-7H2,1-5H3/t8?,10?,11?,12?,14-,15?/m1/s1. The van der Waals surface area contributed by atoms with Crippen molar-refractivity contribution in [3.8, 4) is 0 Å². The van der Waals surface area contributed by atoms with Gasteiger partial charge in [-0.25, -0.2) is 0 Å². The molecule has 1 saturated heterocycles. The number of carbonyl (C=O) groups excluding carboxylic acids is 2. The van der Waals surface area contributed by atoms with Crippen molar-refractivity contribution >= 4 is 11.9 Å². The molecule has 0 aromatic rings. The summed E-state index contributed by atoms with van der Waals surface area (Å²) in [4.78, 5) is 24.1. The fourth-order valence-electron chi connectivity index (χ4n) is 4.18. The zero-order valence-electron chi connectivity index (χ0n) is 13.6. The van der Waals surface area contributed by atoms with Gasteiger partial charge in [0.05, 0.1) is 38.8 Å². The molecule has 1 heterocycles. The molecule has 2 aliphatic rings. The lowest BCUT2D eigenvalue weighted by Crippen LogP contribution is -2.49. The molecule has 0 aromatic heterocycles. The highest BCUT2D eigenvalue weighted by Gasteiger charge is 2.73. The summed E-state index contributed by atoms with van der Waals surface area (Å²) in [5, 5.41) is 10.8. The second-order valence-electron chi connectivity index (χ2n) is 6.44. The summed E-state index contributed by atoms with van der Waals surface area (Å²) >= 11 is 0. The third-order valence-electron chi connectivity index (χ3n) is 5.69. The summed E-state index contributed by atoms with van der Waals surface area (Å²) in [5.74, 6) is -1.77. The third-order valence-corrected chi connectivity index (χ3v) is 5.69. The average Bonchev–Trinajstić information content (AvgIpc) is 2.94. The van der Waals surface area contributed by atoms with E-state index in [0.29, 0.717) is 0 Å². The zero-order valence-corrected chi connectivity index (χ0v) is 13.6. The number of ether oxygens (including phenoxy) is 4. The largest absolute Gasteiger partial charge is 0.469 e. The van der Waals surface area contributed by atoms with E-state index >= 15 is 0 Å². The van der Waals surface area contributed by atoms with E-state index < -0.39 is 41.1 Å². The van der Waals surface area contributed by atoms with Crippen LogP contribution >= 0.6 is 0 Å². The Balaban J connectivity index is 2.47. The summed E-state index contributed by atoms with van der Waals surface area (Å²) in [6.45, 7) is 3.78. The summed E-state index contributed by atoms with van der Waals surface area (Å²) in [6, 6.07) is 0. The molecule has 7 nitrogen and oxygen atoms in total. The van der Waals surface area contributed by atoms with Crippen LogP contribution < -0.4 is 0 Å². The highest BCUT2D eigenvalue weighted by atomic mass is 16.7. The predicted octanol–water partition coefficient (Wildman–Crippen LogP) is 0.345. The van der Waals surface area contributed by atoms with Gasteiger partial charge in [-0.2, -0.15) is 0 Å². The average molecular weight is 316 g/mol. The minimum Gasteiger partial charge on any atom is -0.469 e. The van der Waals surface area contributed by atoms with Crippen LogP contribution in [0, 0.1) is 22.7 Å². The van der Waals surface area contributed by atoms with Crippen LogP contribution in [0.2, 0.25) is 0 Å². The van der Waals surface area contributed by atoms with Crippen molar-refractivity contribution in [2.24, 2.45) is 22.7 Å². The number of hydrogen-bond acceptors (Lipinski definition) is 7. The Morgan fingerprint density at radius 2 is 1.86 bits per heavy atom. The Labute approximate surface area is 129 Å². The molecule has 1 saturated carbocycles. The van der Waals surface area contributed by atoms with Gasteiger partial charge in [-0.15, -0.1) is 0 Å². The first-order chi connectivity index (χ1) is 10.3. The highest BCUT2D eigenvalue weighted by molar-refractivity contribution is 5.80. The van der Waals surface area contributed by atoms with Crippen molar-refractivity contribution in [2.75, 3.05) is 27.9 Å². The molecule has 22 heavy (non-hydrogen) atoms. The van der Waals surface area contributed by atoms with Gasteiger partial charge >= 0.3 is 11.9 Å². The van der Waals surface area contributed by atoms with Gasteiger partial charge in [0.25, 0.3) is 0 Å². The Kier molecular flexibility index (Phi) is 4.52. The van der Waals surface area contributed by atoms with Crippen LogP contribution in [0.5, 0.6) is 0 Å². The molecular weight excluding hydrogens is 292 g/mol. The van der Waals surface area contributed by atoms with Crippen LogP contribution in [0.25, 0.3) is 0 Å². The van der Waals surface area contributed by atoms with Gasteiger partial charge < -0.3 is 24.1 Å². The first kappa shape index (κ1) is 17.2. The molecule has 0 radical (unpaired) electrons. The van der Waals surface area contributed by atoms with Crippen LogP contribution in [0.4, 0.5) is 0 Å².